The maximum atomic E-state index is 10.4. The molecule has 1 unspecified atom stereocenters. The molecular weight excluding hydrogens is 162 g/mol. The fraction of sp³-hybridized carbons (Fsp3) is 0.500. The third kappa shape index (κ3) is 1.57. The Morgan fingerprint density at radius 2 is 2.44 bits per heavy atom. The number of hydrogen-bond donors (Lipinski definition) is 2. The van der Waals surface area contributed by atoms with Gasteiger partial charge in [0.2, 0.25) is 14.7 Å². The minimum absolute atomic E-state index is 0.794. The van der Waals surface area contributed by atoms with E-state index < -0.39 is 14.7 Å². The molecule has 0 bridgehead atoms. The van der Waals surface area contributed by atoms with Crippen molar-refractivity contribution in [2.24, 2.45) is 10.2 Å². The van der Waals surface area contributed by atoms with Crippen molar-refractivity contribution in [2.75, 3.05) is 0 Å². The van der Waals surface area contributed by atoms with E-state index in [1.165, 1.54) is 5.55 Å². The number of nitrogens with one attached hydrogen (secondary N) is 1. The minimum Gasteiger partial charge on any atom is -0.280 e. The second-order valence-electron chi connectivity index (χ2n) is 1.42. The second-order valence-corrected chi connectivity index (χ2v) is 4.32. The SMILES string of the molecule is NS(=O)(=O)C1NN=CS1. The van der Waals surface area contributed by atoms with E-state index in [-0.39, 0.29) is 0 Å². The maximum absolute atomic E-state index is 10.4. The van der Waals surface area contributed by atoms with Gasteiger partial charge in [-0.15, -0.1) is 0 Å². The van der Waals surface area contributed by atoms with Crippen LogP contribution in [0.15, 0.2) is 5.10 Å². The molecular formula is C2H5N3O2S2. The first kappa shape index (κ1) is 6.84. The smallest absolute Gasteiger partial charge is 0.241 e. The zero-order chi connectivity index (χ0) is 6.91. The topological polar surface area (TPSA) is 84.5 Å². The van der Waals surface area contributed by atoms with Gasteiger partial charge in [-0.2, -0.15) is 5.10 Å². The van der Waals surface area contributed by atoms with Crippen LogP contribution in [0.4, 0.5) is 0 Å². The van der Waals surface area contributed by atoms with E-state index in [4.69, 9.17) is 5.14 Å². The third-order valence-corrected chi connectivity index (χ3v) is 3.14. The van der Waals surface area contributed by atoms with E-state index in [1.54, 1.807) is 0 Å². The van der Waals surface area contributed by atoms with Gasteiger partial charge in [-0.25, -0.2) is 13.6 Å². The molecule has 1 rings (SSSR count). The van der Waals surface area contributed by atoms with E-state index in [0.29, 0.717) is 0 Å². The van der Waals surface area contributed by atoms with Crippen LogP contribution in [0.3, 0.4) is 0 Å². The molecule has 3 N–H and O–H groups in total. The Kier molecular flexibility index (Phi) is 1.64. The van der Waals surface area contributed by atoms with Gasteiger partial charge in [0.25, 0.3) is 0 Å². The summed E-state index contributed by atoms with van der Waals surface area (Å²) in [7, 11) is -3.48. The van der Waals surface area contributed by atoms with Crippen LogP contribution in [-0.4, -0.2) is 18.7 Å². The Labute approximate surface area is 56.7 Å². The lowest BCUT2D eigenvalue weighted by Crippen LogP contribution is -2.32. The fourth-order valence-corrected chi connectivity index (χ4v) is 1.69. The molecule has 0 aromatic heterocycles. The van der Waals surface area contributed by atoms with Crippen LogP contribution in [0.1, 0.15) is 0 Å². The quantitative estimate of drug-likeness (QED) is 0.516. The number of hydrazone groups is 1. The molecule has 1 heterocycles. The molecule has 9 heavy (non-hydrogen) atoms. The molecule has 0 amide bonds. The number of nitrogens with two attached hydrogens (primary N) is 1. The highest BCUT2D eigenvalue weighted by atomic mass is 32.3. The highest BCUT2D eigenvalue weighted by Gasteiger charge is 2.22. The van der Waals surface area contributed by atoms with Crippen molar-refractivity contribution >= 4 is 27.3 Å². The van der Waals surface area contributed by atoms with Crippen LogP contribution in [0.2, 0.25) is 0 Å². The first-order valence-corrected chi connectivity index (χ1v) is 4.60. The van der Waals surface area contributed by atoms with Gasteiger partial charge in [0.15, 0.2) is 0 Å². The van der Waals surface area contributed by atoms with Gasteiger partial charge >= 0.3 is 0 Å². The molecule has 1 aliphatic heterocycles. The normalized spacial score (nSPS) is 26.1. The number of nitrogens with zero attached hydrogens (tertiary/aromatic N) is 1. The van der Waals surface area contributed by atoms with Crippen LogP contribution in [0, 0.1) is 0 Å². The van der Waals surface area contributed by atoms with Crippen molar-refractivity contribution in [2.45, 2.75) is 4.71 Å². The average Bonchev–Trinajstić information content (AvgIpc) is 2.08. The van der Waals surface area contributed by atoms with Gasteiger partial charge in [0, 0.05) is 0 Å². The molecule has 5 nitrogen and oxygen atoms in total. The van der Waals surface area contributed by atoms with E-state index in [0.717, 1.165) is 11.8 Å². The monoisotopic (exact) mass is 167 g/mol. The predicted molar refractivity (Wildman–Crippen MR) is 36.1 cm³/mol. The van der Waals surface area contributed by atoms with Crippen LogP contribution in [0.25, 0.3) is 0 Å². The molecule has 1 atom stereocenters. The molecule has 52 valence electrons. The lowest BCUT2D eigenvalue weighted by atomic mass is 11.4. The van der Waals surface area contributed by atoms with Crippen LogP contribution in [0.5, 0.6) is 0 Å². The van der Waals surface area contributed by atoms with Crippen LogP contribution < -0.4 is 10.6 Å². The van der Waals surface area contributed by atoms with Gasteiger partial charge in [-0.05, 0) is 0 Å². The summed E-state index contributed by atoms with van der Waals surface area (Å²) in [5, 5.41) is 8.21. The summed E-state index contributed by atoms with van der Waals surface area (Å²) in [6.07, 6.45) is 0. The van der Waals surface area contributed by atoms with E-state index >= 15 is 0 Å². The number of hydrogen-bond acceptors (Lipinski definition) is 5. The second kappa shape index (κ2) is 2.16. The van der Waals surface area contributed by atoms with Gasteiger partial charge in [-0.1, -0.05) is 11.8 Å². The zero-order valence-corrected chi connectivity index (χ0v) is 5.95. The van der Waals surface area contributed by atoms with Crippen LogP contribution in [-0.2, 0) is 10.0 Å². The highest BCUT2D eigenvalue weighted by Crippen LogP contribution is 2.12. The minimum atomic E-state index is -3.48. The molecule has 0 aliphatic carbocycles. The first-order chi connectivity index (χ1) is 4.11. The lowest BCUT2D eigenvalue weighted by molar-refractivity contribution is 0.587. The molecule has 0 saturated heterocycles. The molecule has 0 spiro atoms. The van der Waals surface area contributed by atoms with Crippen molar-refractivity contribution < 1.29 is 8.42 Å². The average molecular weight is 167 g/mol. The molecule has 0 aromatic rings. The lowest BCUT2D eigenvalue weighted by Gasteiger charge is -2.02. The molecule has 0 radical (unpaired) electrons. The molecule has 0 saturated carbocycles. The summed E-state index contributed by atoms with van der Waals surface area (Å²) < 4.78 is 20.1. The number of primary sulfonamides is 1. The van der Waals surface area contributed by atoms with Crippen LogP contribution >= 0.6 is 11.8 Å². The standard InChI is InChI=1S/C2H5N3O2S2/c3-9(6,7)2-5-4-1-8-2/h1-2,5H,(H2,3,6,7). The first-order valence-electron chi connectivity index (χ1n) is 2.05. The van der Waals surface area contributed by atoms with Crippen molar-refractivity contribution in [3.63, 3.8) is 0 Å². The van der Waals surface area contributed by atoms with Gasteiger partial charge in [0.05, 0.1) is 5.55 Å². The van der Waals surface area contributed by atoms with Gasteiger partial charge in [-0.3, -0.25) is 5.43 Å². The van der Waals surface area contributed by atoms with E-state index in [2.05, 4.69) is 10.5 Å². The number of sulfonamides is 1. The predicted octanol–water partition coefficient (Wildman–Crippen LogP) is -1.16. The zero-order valence-electron chi connectivity index (χ0n) is 4.31. The van der Waals surface area contributed by atoms with Crippen molar-refractivity contribution in [1.29, 1.82) is 0 Å². The summed E-state index contributed by atoms with van der Waals surface area (Å²) in [6.45, 7) is 0. The fourth-order valence-electron chi connectivity index (χ4n) is 0.358. The third-order valence-electron chi connectivity index (χ3n) is 0.715. The molecule has 0 fully saturated rings. The summed E-state index contributed by atoms with van der Waals surface area (Å²) in [4.78, 5) is 0. The Bertz CT molecular complexity index is 212. The van der Waals surface area contributed by atoms with E-state index in [1.807, 2.05) is 0 Å². The molecule has 7 heteroatoms. The Morgan fingerprint density at radius 1 is 1.78 bits per heavy atom. The number of rotatable bonds is 1. The largest absolute Gasteiger partial charge is 0.280 e. The summed E-state index contributed by atoms with van der Waals surface area (Å²) in [6, 6.07) is 0. The van der Waals surface area contributed by atoms with Crippen molar-refractivity contribution in [3.8, 4) is 0 Å². The summed E-state index contributed by atoms with van der Waals surface area (Å²) in [5.74, 6) is 0. The molecule has 1 aliphatic rings. The maximum Gasteiger partial charge on any atom is 0.241 e. The summed E-state index contributed by atoms with van der Waals surface area (Å²) >= 11 is 1.03. The van der Waals surface area contributed by atoms with Gasteiger partial charge < -0.3 is 0 Å². The molecule has 0 aromatic carbocycles. The highest BCUT2D eigenvalue weighted by molar-refractivity contribution is 8.21. The number of thioether (sulfide) groups is 1. The summed E-state index contributed by atoms with van der Waals surface area (Å²) in [5.41, 5.74) is 3.71. The van der Waals surface area contributed by atoms with Crippen molar-refractivity contribution in [3.05, 3.63) is 0 Å². The Balaban J connectivity index is 2.68. The van der Waals surface area contributed by atoms with E-state index in [9.17, 15) is 8.42 Å². The Morgan fingerprint density at radius 3 is 2.67 bits per heavy atom. The Hall–Kier alpha value is -0.270. The van der Waals surface area contributed by atoms with Gasteiger partial charge in [0.1, 0.15) is 0 Å². The van der Waals surface area contributed by atoms with Crippen molar-refractivity contribution in [1.82, 2.24) is 5.43 Å².